The van der Waals surface area contributed by atoms with E-state index in [0.29, 0.717) is 0 Å². The molecule has 2 aromatic carbocycles. The van der Waals surface area contributed by atoms with Crippen LogP contribution in [0, 0.1) is 0 Å². The minimum absolute atomic E-state index is 0.794. The molecule has 0 heterocycles. The molecular weight excluding hydrogens is 434 g/mol. The Kier molecular flexibility index (Phi) is 8.92. The molecule has 2 rings (SSSR count). The van der Waals surface area contributed by atoms with Crippen LogP contribution in [0.25, 0.3) is 10.8 Å². The zero-order chi connectivity index (χ0) is 18.1. The predicted molar refractivity (Wildman–Crippen MR) is 114 cm³/mol. The van der Waals surface area contributed by atoms with Gasteiger partial charge < -0.3 is 0 Å². The summed E-state index contributed by atoms with van der Waals surface area (Å²) in [5.74, 6) is 1.08. The third kappa shape index (κ3) is 6.36. The van der Waals surface area contributed by atoms with Crippen LogP contribution in [0.5, 0.6) is 5.75 Å². The number of unbranched alkanes of at least 4 members (excludes halogenated alkanes) is 3. The number of hydrogen-bond donors (Lipinski definition) is 0. The zero-order valence-corrected chi connectivity index (χ0v) is 19.7. The van der Waals surface area contributed by atoms with E-state index in [2.05, 4.69) is 45.0 Å². The average Bonchev–Trinajstić information content (AvgIpc) is 2.62. The number of rotatable bonds is 11. The summed E-state index contributed by atoms with van der Waals surface area (Å²) in [6.07, 6.45) is 7.78. The summed E-state index contributed by atoms with van der Waals surface area (Å²) in [6.45, 7) is 6.90. The molecule has 0 aliphatic rings. The first-order valence-corrected chi connectivity index (χ1v) is 17.6. The molecule has 0 aliphatic heterocycles. The Hall–Kier alpha value is -0.411. The van der Waals surface area contributed by atoms with Gasteiger partial charge in [-0.1, -0.05) is 0 Å². The van der Waals surface area contributed by atoms with Crippen LogP contribution in [0.15, 0.2) is 36.4 Å². The third-order valence-electron chi connectivity index (χ3n) is 5.07. The van der Waals surface area contributed by atoms with Crippen LogP contribution >= 0.6 is 11.6 Å². The summed E-state index contributed by atoms with van der Waals surface area (Å²) in [6, 6.07) is 12.6. The number of benzene rings is 2. The summed E-state index contributed by atoms with van der Waals surface area (Å²) in [4.78, 5) is 0. The molecule has 138 valence electrons. The SMILES string of the molecule is CCC[CH2][Sn]([CH2]CCC)([CH2]CCC)[O]c1ccc2ccc(Cl)cc2c1. The van der Waals surface area contributed by atoms with Crippen molar-refractivity contribution < 1.29 is 3.07 Å². The molecule has 0 saturated heterocycles. The molecule has 0 spiro atoms. The Balaban J connectivity index is 2.28. The van der Waals surface area contributed by atoms with Crippen molar-refractivity contribution in [2.45, 2.75) is 72.6 Å². The van der Waals surface area contributed by atoms with Gasteiger partial charge in [0, 0.05) is 0 Å². The molecule has 0 saturated carbocycles. The second-order valence-electron chi connectivity index (χ2n) is 7.25. The topological polar surface area (TPSA) is 9.23 Å². The zero-order valence-electron chi connectivity index (χ0n) is 16.1. The van der Waals surface area contributed by atoms with E-state index in [1.54, 1.807) is 0 Å². The first kappa shape index (κ1) is 20.9. The average molecular weight is 468 g/mol. The molecule has 0 aliphatic carbocycles. The van der Waals surface area contributed by atoms with Gasteiger partial charge in [0.15, 0.2) is 0 Å². The molecule has 0 amide bonds. The normalized spacial score (nSPS) is 11.8. The second-order valence-corrected chi connectivity index (χ2v) is 19.3. The molecular formula is C22H33ClOSn. The molecule has 0 atom stereocenters. The van der Waals surface area contributed by atoms with Gasteiger partial charge in [-0.15, -0.1) is 0 Å². The Morgan fingerprint density at radius 1 is 0.760 bits per heavy atom. The van der Waals surface area contributed by atoms with E-state index in [1.807, 2.05) is 12.1 Å². The van der Waals surface area contributed by atoms with Crippen LogP contribution in [0.1, 0.15) is 59.3 Å². The van der Waals surface area contributed by atoms with Crippen LogP contribution in [0.4, 0.5) is 0 Å². The fraction of sp³-hybridized carbons (Fsp3) is 0.545. The molecule has 0 bridgehead atoms. The summed E-state index contributed by atoms with van der Waals surface area (Å²) in [7, 11) is 0. The standard InChI is InChI=1S/C10H7ClO.3C4H9.Sn/c11-9-3-1-7-2-4-10(12)6-8(7)5-9;3*1-3-4-2;/h1-6,12H;3*1,3-4H2,2H3;/q;;;;+1/p-1. The quantitative estimate of drug-likeness (QED) is 0.303. The molecule has 0 aromatic heterocycles. The van der Waals surface area contributed by atoms with E-state index in [0.717, 1.165) is 10.8 Å². The number of halogens is 1. The van der Waals surface area contributed by atoms with E-state index < -0.39 is 18.8 Å². The molecule has 0 radical (unpaired) electrons. The maximum absolute atomic E-state index is 6.92. The second kappa shape index (κ2) is 10.7. The molecule has 25 heavy (non-hydrogen) atoms. The van der Waals surface area contributed by atoms with Gasteiger partial charge in [-0.2, -0.15) is 0 Å². The van der Waals surface area contributed by atoms with Crippen molar-refractivity contribution in [2.24, 2.45) is 0 Å². The van der Waals surface area contributed by atoms with Crippen LogP contribution in [-0.4, -0.2) is 18.8 Å². The van der Waals surface area contributed by atoms with Crippen molar-refractivity contribution >= 4 is 41.2 Å². The van der Waals surface area contributed by atoms with E-state index in [-0.39, 0.29) is 0 Å². The summed E-state index contributed by atoms with van der Waals surface area (Å²) >= 11 is 3.57. The van der Waals surface area contributed by atoms with Crippen LogP contribution in [0.2, 0.25) is 18.3 Å². The molecule has 0 unspecified atom stereocenters. The predicted octanol–water partition coefficient (Wildman–Crippen LogP) is 8.22. The van der Waals surface area contributed by atoms with Gasteiger partial charge in [0.25, 0.3) is 0 Å². The van der Waals surface area contributed by atoms with Crippen molar-refractivity contribution in [1.29, 1.82) is 0 Å². The summed E-state index contributed by atoms with van der Waals surface area (Å²) in [5.41, 5.74) is 0. The molecule has 3 heteroatoms. The van der Waals surface area contributed by atoms with Crippen molar-refractivity contribution in [3.8, 4) is 5.75 Å². The van der Waals surface area contributed by atoms with Crippen molar-refractivity contribution in [1.82, 2.24) is 0 Å². The van der Waals surface area contributed by atoms with E-state index in [4.69, 9.17) is 14.7 Å². The first-order chi connectivity index (χ1) is 12.1. The molecule has 0 N–H and O–H groups in total. The van der Waals surface area contributed by atoms with Crippen LogP contribution < -0.4 is 3.07 Å². The fourth-order valence-electron chi connectivity index (χ4n) is 3.53. The van der Waals surface area contributed by atoms with E-state index in [9.17, 15) is 0 Å². The van der Waals surface area contributed by atoms with Gasteiger partial charge in [0.1, 0.15) is 0 Å². The Morgan fingerprint density at radius 2 is 1.32 bits per heavy atom. The molecule has 1 nitrogen and oxygen atoms in total. The first-order valence-electron chi connectivity index (χ1n) is 10.0. The molecule has 2 aromatic rings. The fourth-order valence-corrected chi connectivity index (χ4v) is 17.1. The van der Waals surface area contributed by atoms with Crippen LogP contribution in [-0.2, 0) is 0 Å². The summed E-state index contributed by atoms with van der Waals surface area (Å²) < 4.78 is 11.0. The van der Waals surface area contributed by atoms with Gasteiger partial charge >= 0.3 is 164 Å². The maximum atomic E-state index is 6.92. The van der Waals surface area contributed by atoms with Gasteiger partial charge in [-0.25, -0.2) is 0 Å². The van der Waals surface area contributed by atoms with E-state index >= 15 is 0 Å². The van der Waals surface area contributed by atoms with Gasteiger partial charge in [0.2, 0.25) is 0 Å². The van der Waals surface area contributed by atoms with Crippen molar-refractivity contribution in [2.75, 3.05) is 0 Å². The van der Waals surface area contributed by atoms with Gasteiger partial charge in [-0.3, -0.25) is 0 Å². The summed E-state index contributed by atoms with van der Waals surface area (Å²) in [5, 5.41) is 3.21. The molecule has 0 fully saturated rings. The minimum atomic E-state index is -2.61. The van der Waals surface area contributed by atoms with Gasteiger partial charge in [0.05, 0.1) is 0 Å². The Labute approximate surface area is 163 Å². The number of hydrogen-bond acceptors (Lipinski definition) is 1. The van der Waals surface area contributed by atoms with Gasteiger partial charge in [-0.05, 0) is 0 Å². The van der Waals surface area contributed by atoms with Crippen LogP contribution in [0.3, 0.4) is 0 Å². The monoisotopic (exact) mass is 468 g/mol. The third-order valence-corrected chi connectivity index (χ3v) is 18.0. The van der Waals surface area contributed by atoms with Crippen molar-refractivity contribution in [3.63, 3.8) is 0 Å². The Morgan fingerprint density at radius 3 is 1.88 bits per heavy atom. The van der Waals surface area contributed by atoms with Crippen molar-refractivity contribution in [3.05, 3.63) is 41.4 Å². The van der Waals surface area contributed by atoms with E-state index in [1.165, 1.54) is 62.6 Å². The number of fused-ring (bicyclic) bond motifs is 1. The Bertz CT molecular complexity index is 634.